The summed E-state index contributed by atoms with van der Waals surface area (Å²) in [5.41, 5.74) is 1.91. The second-order valence-electron chi connectivity index (χ2n) is 4.32. The monoisotopic (exact) mass is 292 g/mol. The lowest BCUT2D eigenvalue weighted by molar-refractivity contribution is 0.0693. The lowest BCUT2D eigenvalue weighted by Gasteiger charge is -1.99. The Bertz CT molecular complexity index is 812. The van der Waals surface area contributed by atoms with Crippen LogP contribution in [0.5, 0.6) is 5.75 Å². The zero-order chi connectivity index (χ0) is 15.9. The number of rotatable bonds is 1. The van der Waals surface area contributed by atoms with Crippen LogP contribution in [0.25, 0.3) is 0 Å². The van der Waals surface area contributed by atoms with E-state index in [0.29, 0.717) is 5.56 Å². The number of carboxylic acids is 1. The topological polar surface area (TPSA) is 77.8 Å². The molecular weight excluding hydrogens is 280 g/mol. The predicted molar refractivity (Wildman–Crippen MR) is 81.5 cm³/mol. The minimum Gasteiger partial charge on any atom is -0.507 e. The third kappa shape index (κ3) is 3.89. The zero-order valence-electron chi connectivity index (χ0n) is 11.5. The van der Waals surface area contributed by atoms with Crippen molar-refractivity contribution in [2.24, 2.45) is 0 Å². The van der Waals surface area contributed by atoms with Crippen LogP contribution in [0.1, 0.15) is 27.0 Å². The lowest BCUT2D eigenvalue weighted by Crippen LogP contribution is -1.96. The second kappa shape index (κ2) is 6.99. The Hall–Kier alpha value is -3.21. The first-order chi connectivity index (χ1) is 10.6. The number of hydrogen-bond donors (Lipinski definition) is 3. The molecule has 2 rings (SSSR count). The summed E-state index contributed by atoms with van der Waals surface area (Å²) in [6.07, 6.45) is 0. The Morgan fingerprint density at radius 1 is 0.909 bits per heavy atom. The number of aromatic carboxylic acids is 1. The van der Waals surface area contributed by atoms with Crippen molar-refractivity contribution in [3.8, 4) is 29.4 Å². The second-order valence-corrected chi connectivity index (χ2v) is 4.32. The Labute approximate surface area is 127 Å². The number of aliphatic hydroxyl groups excluding tert-OH is 1. The maximum absolute atomic E-state index is 10.8. The summed E-state index contributed by atoms with van der Waals surface area (Å²) in [6.45, 7) is -0.183. The molecule has 4 nitrogen and oxygen atoms in total. The minimum absolute atomic E-state index is 0.155. The van der Waals surface area contributed by atoms with E-state index in [1.54, 1.807) is 24.3 Å². The number of benzene rings is 2. The third-order valence-electron chi connectivity index (χ3n) is 2.78. The van der Waals surface area contributed by atoms with Gasteiger partial charge in [-0.3, -0.25) is 0 Å². The molecule has 0 unspecified atom stereocenters. The SMILES string of the molecule is O=C(O)c1ccc(C#Cc2ccc(C#CCO)cc2)cc1O. The summed E-state index contributed by atoms with van der Waals surface area (Å²) in [4.78, 5) is 10.8. The molecule has 0 amide bonds. The van der Waals surface area contributed by atoms with Gasteiger partial charge in [-0.25, -0.2) is 4.79 Å². The van der Waals surface area contributed by atoms with Crippen LogP contribution in [-0.2, 0) is 0 Å². The third-order valence-corrected chi connectivity index (χ3v) is 2.78. The fraction of sp³-hybridized carbons (Fsp3) is 0.0556. The number of aliphatic hydroxyl groups is 1. The van der Waals surface area contributed by atoms with Crippen LogP contribution in [-0.4, -0.2) is 27.9 Å². The highest BCUT2D eigenvalue weighted by Gasteiger charge is 2.08. The molecule has 22 heavy (non-hydrogen) atoms. The fourth-order valence-corrected chi connectivity index (χ4v) is 1.71. The van der Waals surface area contributed by atoms with Crippen molar-refractivity contribution in [1.82, 2.24) is 0 Å². The molecule has 0 radical (unpaired) electrons. The molecule has 0 aliphatic rings. The predicted octanol–water partition coefficient (Wildman–Crippen LogP) is 1.83. The van der Waals surface area contributed by atoms with Crippen LogP contribution in [0.2, 0.25) is 0 Å². The summed E-state index contributed by atoms with van der Waals surface area (Å²) in [5, 5.41) is 27.0. The van der Waals surface area contributed by atoms with Crippen molar-refractivity contribution >= 4 is 5.97 Å². The lowest BCUT2D eigenvalue weighted by atomic mass is 10.1. The summed E-state index contributed by atoms with van der Waals surface area (Å²) in [5.74, 6) is 9.61. The largest absolute Gasteiger partial charge is 0.507 e. The van der Waals surface area contributed by atoms with Gasteiger partial charge in [0.05, 0.1) is 0 Å². The van der Waals surface area contributed by atoms with Crippen molar-refractivity contribution in [2.75, 3.05) is 6.61 Å². The van der Waals surface area contributed by atoms with E-state index < -0.39 is 5.97 Å². The summed E-state index contributed by atoms with van der Waals surface area (Å²) in [6, 6.07) is 11.3. The van der Waals surface area contributed by atoms with E-state index in [-0.39, 0.29) is 17.9 Å². The molecule has 108 valence electrons. The molecule has 0 spiro atoms. The molecule has 0 atom stereocenters. The molecule has 0 heterocycles. The molecule has 3 N–H and O–H groups in total. The first-order valence-corrected chi connectivity index (χ1v) is 6.38. The van der Waals surface area contributed by atoms with Gasteiger partial charge in [0.15, 0.2) is 0 Å². The standard InChI is InChI=1S/C18H12O4/c19-11-1-2-13-3-5-14(6-4-13)7-8-15-9-10-16(18(21)22)17(20)12-15/h3-6,9-10,12,19-20H,11H2,(H,21,22). The van der Waals surface area contributed by atoms with Gasteiger partial charge in [0, 0.05) is 16.7 Å². The highest BCUT2D eigenvalue weighted by molar-refractivity contribution is 5.90. The van der Waals surface area contributed by atoms with Gasteiger partial charge in [-0.15, -0.1) is 0 Å². The Balaban J connectivity index is 2.20. The van der Waals surface area contributed by atoms with Crippen LogP contribution in [0.3, 0.4) is 0 Å². The van der Waals surface area contributed by atoms with Gasteiger partial charge in [-0.2, -0.15) is 0 Å². The van der Waals surface area contributed by atoms with E-state index in [2.05, 4.69) is 23.7 Å². The fourth-order valence-electron chi connectivity index (χ4n) is 1.71. The van der Waals surface area contributed by atoms with Crippen molar-refractivity contribution in [3.05, 3.63) is 64.7 Å². The van der Waals surface area contributed by atoms with Crippen LogP contribution in [0.15, 0.2) is 42.5 Å². The smallest absolute Gasteiger partial charge is 0.339 e. The van der Waals surface area contributed by atoms with Crippen LogP contribution >= 0.6 is 0 Å². The maximum atomic E-state index is 10.8. The Morgan fingerprint density at radius 2 is 1.45 bits per heavy atom. The number of aromatic hydroxyl groups is 1. The zero-order valence-corrected chi connectivity index (χ0v) is 11.5. The van der Waals surface area contributed by atoms with Crippen molar-refractivity contribution < 1.29 is 20.1 Å². The molecule has 0 aliphatic carbocycles. The van der Waals surface area contributed by atoms with E-state index in [1.807, 2.05) is 0 Å². The molecule has 0 saturated heterocycles. The Kier molecular flexibility index (Phi) is 4.82. The quantitative estimate of drug-likeness (QED) is 0.701. The van der Waals surface area contributed by atoms with Gasteiger partial charge in [-0.05, 0) is 42.5 Å². The van der Waals surface area contributed by atoms with Crippen molar-refractivity contribution in [2.45, 2.75) is 0 Å². The molecule has 2 aromatic carbocycles. The van der Waals surface area contributed by atoms with Gasteiger partial charge in [-0.1, -0.05) is 23.7 Å². The molecule has 0 saturated carbocycles. The minimum atomic E-state index is -1.18. The molecule has 4 heteroatoms. The van der Waals surface area contributed by atoms with Gasteiger partial charge in [0.25, 0.3) is 0 Å². The van der Waals surface area contributed by atoms with Gasteiger partial charge >= 0.3 is 5.97 Å². The highest BCUT2D eigenvalue weighted by Crippen LogP contribution is 2.18. The molecule has 2 aromatic rings. The van der Waals surface area contributed by atoms with E-state index in [1.165, 1.54) is 18.2 Å². The molecule has 0 aliphatic heterocycles. The van der Waals surface area contributed by atoms with Crippen LogP contribution < -0.4 is 0 Å². The molecule has 0 bridgehead atoms. The first kappa shape index (κ1) is 15.2. The van der Waals surface area contributed by atoms with E-state index >= 15 is 0 Å². The van der Waals surface area contributed by atoms with E-state index in [4.69, 9.17) is 10.2 Å². The highest BCUT2D eigenvalue weighted by atomic mass is 16.4. The number of carboxylic acid groups (broad SMARTS) is 1. The normalized spacial score (nSPS) is 9.14. The van der Waals surface area contributed by atoms with Gasteiger partial charge in [0.1, 0.15) is 17.9 Å². The summed E-state index contributed by atoms with van der Waals surface area (Å²) < 4.78 is 0. The average Bonchev–Trinajstić information content (AvgIpc) is 2.51. The van der Waals surface area contributed by atoms with E-state index in [9.17, 15) is 9.90 Å². The van der Waals surface area contributed by atoms with Gasteiger partial charge in [0.2, 0.25) is 0 Å². The molecule has 0 aromatic heterocycles. The van der Waals surface area contributed by atoms with Crippen LogP contribution in [0, 0.1) is 23.7 Å². The number of hydrogen-bond acceptors (Lipinski definition) is 3. The first-order valence-electron chi connectivity index (χ1n) is 6.38. The van der Waals surface area contributed by atoms with Gasteiger partial charge < -0.3 is 15.3 Å². The average molecular weight is 292 g/mol. The van der Waals surface area contributed by atoms with Crippen molar-refractivity contribution in [3.63, 3.8) is 0 Å². The number of carbonyl (C=O) groups is 1. The molecular formula is C18H12O4. The maximum Gasteiger partial charge on any atom is 0.339 e. The summed E-state index contributed by atoms with van der Waals surface area (Å²) in [7, 11) is 0. The van der Waals surface area contributed by atoms with Crippen molar-refractivity contribution in [1.29, 1.82) is 0 Å². The van der Waals surface area contributed by atoms with E-state index in [0.717, 1.165) is 11.1 Å². The number of phenols is 1. The molecule has 0 fully saturated rings. The van der Waals surface area contributed by atoms with Crippen LogP contribution in [0.4, 0.5) is 0 Å². The Morgan fingerprint density at radius 3 is 2.00 bits per heavy atom. The summed E-state index contributed by atoms with van der Waals surface area (Å²) >= 11 is 0.